The Bertz CT molecular complexity index is 1260. The molecule has 2 atom stereocenters. The largest absolute Gasteiger partial charge is 0.478 e. The molecule has 5 heteroatoms. The van der Waals surface area contributed by atoms with Gasteiger partial charge in [-0.1, -0.05) is 55.5 Å². The Morgan fingerprint density at radius 3 is 1.97 bits per heavy atom. The highest BCUT2D eigenvalue weighted by Crippen LogP contribution is 2.65. The second-order valence-electron chi connectivity index (χ2n) is 8.84. The summed E-state index contributed by atoms with van der Waals surface area (Å²) >= 11 is 0. The van der Waals surface area contributed by atoms with E-state index in [0.717, 1.165) is 22.3 Å². The maximum Gasteiger partial charge on any atom is 0.335 e. The third-order valence-electron chi connectivity index (χ3n) is 7.72. The number of nitrogens with zero attached hydrogens (tertiary/aromatic N) is 1. The van der Waals surface area contributed by atoms with E-state index in [0.29, 0.717) is 12.1 Å². The average molecular weight is 423 g/mol. The van der Waals surface area contributed by atoms with Crippen LogP contribution in [0, 0.1) is 11.8 Å². The van der Waals surface area contributed by atoms with Crippen molar-refractivity contribution < 1.29 is 19.5 Å². The number of hydrogen-bond acceptors (Lipinski definition) is 3. The van der Waals surface area contributed by atoms with Gasteiger partial charge in [-0.2, -0.15) is 0 Å². The van der Waals surface area contributed by atoms with Crippen molar-refractivity contribution in [3.8, 4) is 0 Å². The van der Waals surface area contributed by atoms with Crippen LogP contribution in [0.5, 0.6) is 0 Å². The van der Waals surface area contributed by atoms with Crippen molar-refractivity contribution in [2.24, 2.45) is 11.8 Å². The molecule has 1 saturated heterocycles. The van der Waals surface area contributed by atoms with Crippen LogP contribution < -0.4 is 4.90 Å². The van der Waals surface area contributed by atoms with Gasteiger partial charge in [0.05, 0.1) is 23.1 Å². The SMILES string of the molecule is CCC12c3ccccc3C(c3ccccc31)[C@H]1C(=O)N(c3ccc(C(=O)O)cc3)C(=O)[C@@H]12. The van der Waals surface area contributed by atoms with Crippen molar-refractivity contribution in [1.82, 2.24) is 0 Å². The molecule has 2 amide bonds. The van der Waals surface area contributed by atoms with Crippen LogP contribution in [0.4, 0.5) is 5.69 Å². The number of hydrogen-bond donors (Lipinski definition) is 1. The molecule has 3 aromatic carbocycles. The summed E-state index contributed by atoms with van der Waals surface area (Å²) in [4.78, 5) is 40.3. The number of anilines is 1. The number of aromatic carboxylic acids is 1. The van der Waals surface area contributed by atoms with Gasteiger partial charge in [0, 0.05) is 11.3 Å². The van der Waals surface area contributed by atoms with Crippen LogP contribution in [0.25, 0.3) is 0 Å². The first-order valence-electron chi connectivity index (χ1n) is 10.9. The molecule has 1 aliphatic heterocycles. The number of carbonyl (C=O) groups is 3. The topological polar surface area (TPSA) is 74.7 Å². The van der Waals surface area contributed by atoms with E-state index in [4.69, 9.17) is 0 Å². The minimum absolute atomic E-state index is 0.121. The number of amides is 2. The number of benzene rings is 3. The van der Waals surface area contributed by atoms with Gasteiger partial charge in [-0.15, -0.1) is 0 Å². The molecule has 32 heavy (non-hydrogen) atoms. The van der Waals surface area contributed by atoms with Crippen molar-refractivity contribution in [3.63, 3.8) is 0 Å². The molecular weight excluding hydrogens is 402 g/mol. The number of imide groups is 1. The summed E-state index contributed by atoms with van der Waals surface area (Å²) in [7, 11) is 0. The highest BCUT2D eigenvalue weighted by Gasteiger charge is 2.67. The normalized spacial score (nSPS) is 27.2. The Hall–Kier alpha value is -3.73. The van der Waals surface area contributed by atoms with Crippen molar-refractivity contribution in [2.45, 2.75) is 24.7 Å². The zero-order valence-electron chi connectivity index (χ0n) is 17.5. The fraction of sp³-hybridized carbons (Fsp3) is 0.222. The van der Waals surface area contributed by atoms with Crippen LogP contribution in [-0.2, 0) is 15.0 Å². The van der Waals surface area contributed by atoms with Crippen molar-refractivity contribution >= 4 is 23.5 Å². The van der Waals surface area contributed by atoms with Crippen LogP contribution in [0.1, 0.15) is 51.9 Å². The van der Waals surface area contributed by atoms with Gasteiger partial charge in [0.1, 0.15) is 0 Å². The Kier molecular flexibility index (Phi) is 3.79. The predicted octanol–water partition coefficient (Wildman–Crippen LogP) is 4.35. The standard InChI is InChI=1S/C27H21NO4/c1-2-27-19-9-5-3-7-17(19)21(18-8-4-6-10-20(18)27)22-23(27)25(30)28(24(22)29)16-13-11-15(12-14-16)26(31)32/h3-14,21-23H,2H2,1H3,(H,31,32)/t21?,22-,23-,27?/m1/s1. The van der Waals surface area contributed by atoms with Crippen LogP contribution in [-0.4, -0.2) is 22.9 Å². The fourth-order valence-corrected chi connectivity index (χ4v) is 6.54. The van der Waals surface area contributed by atoms with Gasteiger partial charge in [-0.3, -0.25) is 9.59 Å². The van der Waals surface area contributed by atoms with E-state index in [9.17, 15) is 19.5 Å². The number of carboxylic acid groups (broad SMARTS) is 1. The molecule has 1 N–H and O–H groups in total. The van der Waals surface area contributed by atoms with Gasteiger partial charge in [0.15, 0.2) is 0 Å². The third kappa shape index (κ3) is 2.11. The molecule has 0 aromatic heterocycles. The molecule has 4 aliphatic rings. The van der Waals surface area contributed by atoms with Crippen molar-refractivity contribution in [3.05, 3.63) is 101 Å². The molecule has 0 spiro atoms. The summed E-state index contributed by atoms with van der Waals surface area (Å²) in [5.74, 6) is -2.55. The summed E-state index contributed by atoms with van der Waals surface area (Å²) in [6, 6.07) is 22.4. The van der Waals surface area contributed by atoms with Crippen LogP contribution in [0.3, 0.4) is 0 Å². The van der Waals surface area contributed by atoms with Gasteiger partial charge in [-0.25, -0.2) is 9.69 Å². The second-order valence-corrected chi connectivity index (χ2v) is 8.84. The molecule has 3 aliphatic carbocycles. The minimum atomic E-state index is -1.04. The van der Waals surface area contributed by atoms with Gasteiger partial charge in [0.25, 0.3) is 0 Å². The molecule has 7 rings (SSSR count). The number of carboxylic acids is 1. The predicted molar refractivity (Wildman–Crippen MR) is 119 cm³/mol. The zero-order chi connectivity index (χ0) is 22.2. The summed E-state index contributed by atoms with van der Waals surface area (Å²) < 4.78 is 0. The van der Waals surface area contributed by atoms with E-state index >= 15 is 0 Å². The van der Waals surface area contributed by atoms with Gasteiger partial charge < -0.3 is 5.11 Å². The lowest BCUT2D eigenvalue weighted by Gasteiger charge is -2.54. The first-order valence-corrected chi connectivity index (χ1v) is 10.9. The van der Waals surface area contributed by atoms with Crippen molar-refractivity contribution in [2.75, 3.05) is 4.90 Å². The lowest BCUT2D eigenvalue weighted by atomic mass is 9.46. The van der Waals surface area contributed by atoms with Crippen molar-refractivity contribution in [1.29, 1.82) is 0 Å². The molecule has 0 unspecified atom stereocenters. The maximum absolute atomic E-state index is 13.9. The highest BCUT2D eigenvalue weighted by atomic mass is 16.4. The molecular formula is C27H21NO4. The van der Waals surface area contributed by atoms with E-state index in [2.05, 4.69) is 31.2 Å². The molecule has 1 heterocycles. The second kappa shape index (κ2) is 6.39. The summed E-state index contributed by atoms with van der Waals surface area (Å²) in [5, 5.41) is 9.21. The Labute approximate surface area is 185 Å². The third-order valence-corrected chi connectivity index (χ3v) is 7.72. The molecule has 158 valence electrons. The van der Waals surface area contributed by atoms with Gasteiger partial charge in [-0.05, 0) is 52.9 Å². The quantitative estimate of drug-likeness (QED) is 0.636. The van der Waals surface area contributed by atoms with Crippen LogP contribution >= 0.6 is 0 Å². The molecule has 3 aromatic rings. The van der Waals surface area contributed by atoms with E-state index in [1.54, 1.807) is 12.1 Å². The van der Waals surface area contributed by atoms with Gasteiger partial charge >= 0.3 is 5.97 Å². The number of carbonyl (C=O) groups excluding carboxylic acids is 2. The van der Waals surface area contributed by atoms with E-state index in [-0.39, 0.29) is 23.3 Å². The number of rotatable bonds is 3. The minimum Gasteiger partial charge on any atom is -0.478 e. The summed E-state index contributed by atoms with van der Waals surface area (Å²) in [6.45, 7) is 2.10. The lowest BCUT2D eigenvalue weighted by Crippen LogP contribution is -2.53. The molecule has 1 fully saturated rings. The van der Waals surface area contributed by atoms with Gasteiger partial charge in [0.2, 0.25) is 11.8 Å². The van der Waals surface area contributed by atoms with E-state index < -0.39 is 23.2 Å². The first-order chi connectivity index (χ1) is 15.5. The maximum atomic E-state index is 13.9. The van der Waals surface area contributed by atoms with E-state index in [1.165, 1.54) is 17.0 Å². The Morgan fingerprint density at radius 1 is 0.875 bits per heavy atom. The Morgan fingerprint density at radius 2 is 1.44 bits per heavy atom. The zero-order valence-corrected chi connectivity index (χ0v) is 17.5. The lowest BCUT2D eigenvalue weighted by molar-refractivity contribution is -0.123. The summed E-state index contributed by atoms with van der Waals surface area (Å²) in [6.07, 6.45) is 0.708. The monoisotopic (exact) mass is 423 g/mol. The highest BCUT2D eigenvalue weighted by molar-refractivity contribution is 6.23. The molecule has 0 radical (unpaired) electrons. The fourth-order valence-electron chi connectivity index (χ4n) is 6.54. The first kappa shape index (κ1) is 19.0. The van der Waals surface area contributed by atoms with E-state index in [1.807, 2.05) is 24.3 Å². The van der Waals surface area contributed by atoms with Crippen LogP contribution in [0.15, 0.2) is 72.8 Å². The average Bonchev–Trinajstić information content (AvgIpc) is 3.10. The van der Waals surface area contributed by atoms with Crippen LogP contribution in [0.2, 0.25) is 0 Å². The molecule has 2 bridgehead atoms. The Balaban J connectivity index is 1.58. The smallest absolute Gasteiger partial charge is 0.335 e. The molecule has 5 nitrogen and oxygen atoms in total. The molecule has 0 saturated carbocycles. The summed E-state index contributed by atoms with van der Waals surface area (Å²) in [5.41, 5.74) is 4.56.